The van der Waals surface area contributed by atoms with E-state index < -0.39 is 0 Å². The van der Waals surface area contributed by atoms with E-state index in [2.05, 4.69) is 33.4 Å². The molecule has 2 heterocycles. The summed E-state index contributed by atoms with van der Waals surface area (Å²) in [4.78, 5) is 1.11. The lowest BCUT2D eigenvalue weighted by atomic mass is 10.1. The van der Waals surface area contributed by atoms with Gasteiger partial charge in [0.15, 0.2) is 0 Å². The Morgan fingerprint density at radius 2 is 2.05 bits per heavy atom. The first-order valence-corrected chi connectivity index (χ1v) is 8.29. The molecule has 1 unspecified atom stereocenters. The van der Waals surface area contributed by atoms with Crippen LogP contribution in [0.4, 0.5) is 4.39 Å². The summed E-state index contributed by atoms with van der Waals surface area (Å²) in [6.07, 6.45) is 0.521. The summed E-state index contributed by atoms with van der Waals surface area (Å²) in [5.74, 6) is -0.205. The van der Waals surface area contributed by atoms with Gasteiger partial charge in [-0.05, 0) is 41.6 Å². The number of benzene rings is 1. The van der Waals surface area contributed by atoms with Crippen LogP contribution >= 0.6 is 38.6 Å². The minimum absolute atomic E-state index is 0.153. The molecule has 0 aliphatic heterocycles. The Morgan fingerprint density at radius 1 is 1.21 bits per heavy atom. The van der Waals surface area contributed by atoms with E-state index in [1.165, 1.54) is 15.5 Å². The molecule has 98 valence electrons. The summed E-state index contributed by atoms with van der Waals surface area (Å²) in [7, 11) is 0. The molecule has 0 amide bonds. The fraction of sp³-hybridized carbons (Fsp3) is 0.143. The molecular weight excluding hydrogens is 345 g/mol. The summed E-state index contributed by atoms with van der Waals surface area (Å²) in [6.45, 7) is 0. The minimum atomic E-state index is -0.205. The molecule has 1 atom stereocenters. The van der Waals surface area contributed by atoms with Gasteiger partial charge in [0.05, 0.1) is 0 Å². The van der Waals surface area contributed by atoms with Crippen molar-refractivity contribution in [3.63, 3.8) is 0 Å². The fourth-order valence-corrected chi connectivity index (χ4v) is 4.45. The topological polar surface area (TPSA) is 26.0 Å². The molecule has 19 heavy (non-hydrogen) atoms. The van der Waals surface area contributed by atoms with Gasteiger partial charge in [0, 0.05) is 24.8 Å². The molecule has 3 aromatic rings. The van der Waals surface area contributed by atoms with Gasteiger partial charge in [-0.15, -0.1) is 22.7 Å². The third kappa shape index (κ3) is 2.74. The smallest absolute Gasteiger partial charge is 0.127 e. The van der Waals surface area contributed by atoms with E-state index in [1.807, 2.05) is 6.07 Å². The van der Waals surface area contributed by atoms with Gasteiger partial charge in [-0.25, -0.2) is 4.39 Å². The first-order chi connectivity index (χ1) is 9.13. The first-order valence-electron chi connectivity index (χ1n) is 5.80. The van der Waals surface area contributed by atoms with E-state index in [-0.39, 0.29) is 11.9 Å². The summed E-state index contributed by atoms with van der Waals surface area (Å²) in [5, 5.41) is 2.07. The average molecular weight is 356 g/mol. The van der Waals surface area contributed by atoms with Gasteiger partial charge in [-0.3, -0.25) is 0 Å². The molecule has 0 spiro atoms. The Bertz CT molecular complexity index is 691. The molecule has 0 fully saturated rings. The quantitative estimate of drug-likeness (QED) is 0.694. The molecule has 0 aliphatic carbocycles. The van der Waals surface area contributed by atoms with Crippen LogP contribution in [-0.2, 0) is 6.42 Å². The van der Waals surface area contributed by atoms with Gasteiger partial charge in [0.2, 0.25) is 0 Å². The monoisotopic (exact) mass is 355 g/mol. The summed E-state index contributed by atoms with van der Waals surface area (Å²) < 4.78 is 17.1. The number of hydrogen-bond donors (Lipinski definition) is 1. The Morgan fingerprint density at radius 3 is 2.79 bits per heavy atom. The molecule has 0 saturated heterocycles. The van der Waals surface area contributed by atoms with Crippen LogP contribution in [0.1, 0.15) is 16.5 Å². The van der Waals surface area contributed by atoms with Crippen molar-refractivity contribution in [3.8, 4) is 0 Å². The minimum Gasteiger partial charge on any atom is -0.323 e. The second-order valence-corrected chi connectivity index (χ2v) is 7.32. The highest BCUT2D eigenvalue weighted by Crippen LogP contribution is 2.34. The van der Waals surface area contributed by atoms with Crippen LogP contribution in [-0.4, -0.2) is 0 Å². The molecule has 3 rings (SSSR count). The first kappa shape index (κ1) is 13.2. The average Bonchev–Trinajstić information content (AvgIpc) is 2.93. The maximum atomic E-state index is 13.8. The number of nitrogens with two attached hydrogens (primary N) is 1. The highest BCUT2D eigenvalue weighted by atomic mass is 79.9. The third-order valence-electron chi connectivity index (χ3n) is 2.98. The molecule has 0 radical (unpaired) electrons. The van der Waals surface area contributed by atoms with Crippen LogP contribution in [0.25, 0.3) is 9.40 Å². The number of rotatable bonds is 3. The lowest BCUT2D eigenvalue weighted by Crippen LogP contribution is -2.12. The second-order valence-electron chi connectivity index (χ2n) is 4.34. The predicted octanol–water partition coefficient (Wildman–Crippen LogP) is 5.11. The predicted molar refractivity (Wildman–Crippen MR) is 84.4 cm³/mol. The lowest BCUT2D eigenvalue weighted by Gasteiger charge is -2.10. The summed E-state index contributed by atoms with van der Waals surface area (Å²) >= 11 is 6.66. The number of thiophene rings is 2. The SMILES string of the molecule is NC(Cc1ccc(Br)cc1F)c1cc2sccc2s1. The van der Waals surface area contributed by atoms with Crippen molar-refractivity contribution >= 4 is 48.0 Å². The zero-order chi connectivity index (χ0) is 13.4. The van der Waals surface area contributed by atoms with Crippen molar-refractivity contribution < 1.29 is 4.39 Å². The Balaban J connectivity index is 1.84. The fourth-order valence-electron chi connectivity index (χ4n) is 1.99. The van der Waals surface area contributed by atoms with Crippen molar-refractivity contribution in [2.45, 2.75) is 12.5 Å². The van der Waals surface area contributed by atoms with Crippen LogP contribution in [0.5, 0.6) is 0 Å². The molecule has 2 N–H and O–H groups in total. The molecule has 2 aromatic heterocycles. The van der Waals surface area contributed by atoms with Crippen LogP contribution in [0.3, 0.4) is 0 Å². The Hall–Kier alpha value is -0.750. The number of fused-ring (bicyclic) bond motifs is 1. The van der Waals surface area contributed by atoms with Gasteiger partial charge < -0.3 is 5.73 Å². The zero-order valence-corrected chi connectivity index (χ0v) is 13.1. The second kappa shape index (κ2) is 5.32. The molecular formula is C14H11BrFNS2. The molecule has 0 aliphatic rings. The maximum absolute atomic E-state index is 13.8. The lowest BCUT2D eigenvalue weighted by molar-refractivity contribution is 0.594. The largest absolute Gasteiger partial charge is 0.323 e. The van der Waals surface area contributed by atoms with E-state index in [0.29, 0.717) is 12.0 Å². The van der Waals surface area contributed by atoms with Crippen LogP contribution in [0.2, 0.25) is 0 Å². The molecule has 1 nitrogen and oxygen atoms in total. The molecule has 1 aromatic carbocycles. The molecule has 5 heteroatoms. The van der Waals surface area contributed by atoms with Crippen LogP contribution < -0.4 is 5.73 Å². The Kier molecular flexibility index (Phi) is 3.71. The number of halogens is 2. The van der Waals surface area contributed by atoms with Gasteiger partial charge in [-0.1, -0.05) is 22.0 Å². The normalized spacial score (nSPS) is 13.0. The summed E-state index contributed by atoms with van der Waals surface area (Å²) in [5.41, 5.74) is 6.85. The summed E-state index contributed by atoms with van der Waals surface area (Å²) in [6, 6.07) is 9.18. The van der Waals surface area contributed by atoms with E-state index in [0.717, 1.165) is 9.35 Å². The van der Waals surface area contributed by atoms with Crippen molar-refractivity contribution in [2.24, 2.45) is 5.73 Å². The van der Waals surface area contributed by atoms with E-state index in [9.17, 15) is 4.39 Å². The van der Waals surface area contributed by atoms with Crippen LogP contribution in [0, 0.1) is 5.82 Å². The van der Waals surface area contributed by atoms with E-state index >= 15 is 0 Å². The van der Waals surface area contributed by atoms with Gasteiger partial charge >= 0.3 is 0 Å². The highest BCUT2D eigenvalue weighted by molar-refractivity contribution is 9.10. The molecule has 0 saturated carbocycles. The van der Waals surface area contributed by atoms with Gasteiger partial charge in [0.1, 0.15) is 5.82 Å². The van der Waals surface area contributed by atoms with Crippen LogP contribution in [0.15, 0.2) is 40.2 Å². The van der Waals surface area contributed by atoms with E-state index in [1.54, 1.807) is 28.7 Å². The van der Waals surface area contributed by atoms with Gasteiger partial charge in [0.25, 0.3) is 0 Å². The van der Waals surface area contributed by atoms with E-state index in [4.69, 9.17) is 5.73 Å². The molecule has 0 bridgehead atoms. The number of hydrogen-bond acceptors (Lipinski definition) is 3. The van der Waals surface area contributed by atoms with Crippen molar-refractivity contribution in [3.05, 3.63) is 56.4 Å². The third-order valence-corrected chi connectivity index (χ3v) is 5.70. The van der Waals surface area contributed by atoms with Crippen molar-refractivity contribution in [2.75, 3.05) is 0 Å². The van der Waals surface area contributed by atoms with Gasteiger partial charge in [-0.2, -0.15) is 0 Å². The Labute approximate surface area is 127 Å². The zero-order valence-electron chi connectivity index (χ0n) is 9.90. The van der Waals surface area contributed by atoms with Crippen molar-refractivity contribution in [1.82, 2.24) is 0 Å². The maximum Gasteiger partial charge on any atom is 0.127 e. The standard InChI is InChI=1S/C14H11BrFNS2/c15-9-2-1-8(10(16)6-9)5-11(17)13-7-14-12(19-13)3-4-18-14/h1-4,6-7,11H,5,17H2. The highest BCUT2D eigenvalue weighted by Gasteiger charge is 2.14. The van der Waals surface area contributed by atoms with Crippen molar-refractivity contribution in [1.29, 1.82) is 0 Å².